The number of hydrogen-bond acceptors (Lipinski definition) is 5. The van der Waals surface area contributed by atoms with Crippen molar-refractivity contribution in [1.29, 1.82) is 0 Å². The first-order valence-corrected chi connectivity index (χ1v) is 12.3. The van der Waals surface area contributed by atoms with Crippen LogP contribution in [0, 0.1) is 0 Å². The highest BCUT2D eigenvalue weighted by atomic mass is 32.2. The lowest BCUT2D eigenvalue weighted by atomic mass is 10.1. The van der Waals surface area contributed by atoms with Gasteiger partial charge in [-0.05, 0) is 65.2 Å². The molecule has 0 radical (unpaired) electrons. The van der Waals surface area contributed by atoms with Gasteiger partial charge in [-0.25, -0.2) is 26.3 Å². The van der Waals surface area contributed by atoms with Crippen LogP contribution in [0.4, 0.5) is 0 Å². The topological polar surface area (TPSA) is 102 Å². The number of rotatable bonds is 12. The van der Waals surface area contributed by atoms with Gasteiger partial charge in [-0.1, -0.05) is 12.1 Å². The van der Waals surface area contributed by atoms with Crippen LogP contribution in [-0.4, -0.2) is 46.5 Å². The molecule has 1 rings (SSSR count). The number of sulfonamides is 2. The van der Waals surface area contributed by atoms with Crippen LogP contribution < -0.4 is 14.2 Å². The largest absolute Gasteiger partial charge is 0.489 e. The van der Waals surface area contributed by atoms with Crippen LogP contribution in [0.25, 0.3) is 0 Å². The first-order chi connectivity index (χ1) is 12.4. The van der Waals surface area contributed by atoms with E-state index in [0.29, 0.717) is 18.7 Å². The third-order valence-electron chi connectivity index (χ3n) is 4.02. The minimum Gasteiger partial charge on any atom is -0.489 e. The summed E-state index contributed by atoms with van der Waals surface area (Å²) in [6.45, 7) is 8.97. The van der Waals surface area contributed by atoms with Gasteiger partial charge in [-0.2, -0.15) is 0 Å². The van der Waals surface area contributed by atoms with E-state index in [2.05, 4.69) is 9.44 Å². The lowest BCUT2D eigenvalue weighted by molar-refractivity contribution is 0.225. The van der Waals surface area contributed by atoms with Crippen LogP contribution in [0.2, 0.25) is 0 Å². The third-order valence-corrected chi connectivity index (χ3v) is 7.68. The fourth-order valence-corrected chi connectivity index (χ4v) is 3.64. The molecule has 9 heteroatoms. The highest BCUT2D eigenvalue weighted by Crippen LogP contribution is 2.15. The molecule has 0 aliphatic heterocycles. The van der Waals surface area contributed by atoms with Crippen molar-refractivity contribution in [3.8, 4) is 5.75 Å². The Bertz CT molecular complexity index is 772. The Labute approximate surface area is 164 Å². The Morgan fingerprint density at radius 3 is 1.89 bits per heavy atom. The van der Waals surface area contributed by atoms with Crippen molar-refractivity contribution in [2.75, 3.05) is 13.1 Å². The maximum Gasteiger partial charge on any atom is 0.214 e. The monoisotopic (exact) mass is 420 g/mol. The van der Waals surface area contributed by atoms with Gasteiger partial charge in [0.1, 0.15) is 11.9 Å². The summed E-state index contributed by atoms with van der Waals surface area (Å²) in [6, 6.07) is 7.52. The molecule has 0 heterocycles. The molecule has 1 unspecified atom stereocenters. The molecular formula is C18H32N2O5S2. The van der Waals surface area contributed by atoms with Crippen molar-refractivity contribution < 1.29 is 21.6 Å². The number of nitrogens with one attached hydrogen (secondary N) is 2. The van der Waals surface area contributed by atoms with Gasteiger partial charge >= 0.3 is 0 Å². The second-order valence-corrected chi connectivity index (χ2v) is 11.7. The molecule has 1 atom stereocenters. The van der Waals surface area contributed by atoms with Crippen molar-refractivity contribution in [3.63, 3.8) is 0 Å². The van der Waals surface area contributed by atoms with Crippen LogP contribution in [0.15, 0.2) is 24.3 Å². The molecule has 0 saturated carbocycles. The van der Waals surface area contributed by atoms with E-state index >= 15 is 0 Å². The highest BCUT2D eigenvalue weighted by molar-refractivity contribution is 7.90. The summed E-state index contributed by atoms with van der Waals surface area (Å²) in [5.74, 6) is 0.663. The Balaban J connectivity index is 2.41. The standard InChI is InChI=1S/C18H32N2O5S2/c1-14(2)26(21,22)19-12-6-7-17-8-10-18(11-9-17)25-16(5)13-20-27(23,24)15(3)4/h8-11,14-16,19-20H,6-7,12-13H2,1-5H3. The van der Waals surface area contributed by atoms with Crippen LogP contribution >= 0.6 is 0 Å². The van der Waals surface area contributed by atoms with Gasteiger partial charge in [0, 0.05) is 13.1 Å². The number of ether oxygens (including phenoxy) is 1. The number of hydrogen-bond donors (Lipinski definition) is 2. The number of aryl methyl sites for hydroxylation is 1. The molecule has 0 aliphatic rings. The number of benzene rings is 1. The zero-order valence-corrected chi connectivity index (χ0v) is 18.4. The van der Waals surface area contributed by atoms with E-state index in [1.165, 1.54) is 0 Å². The summed E-state index contributed by atoms with van der Waals surface area (Å²) in [7, 11) is -6.51. The molecule has 0 spiro atoms. The smallest absolute Gasteiger partial charge is 0.214 e. The molecule has 0 saturated heterocycles. The van der Waals surface area contributed by atoms with E-state index in [4.69, 9.17) is 4.74 Å². The minimum atomic E-state index is -3.30. The molecule has 2 N–H and O–H groups in total. The predicted octanol–water partition coefficient (Wildman–Crippen LogP) is 2.04. The normalized spacial score (nSPS) is 13.9. The van der Waals surface area contributed by atoms with Gasteiger partial charge in [-0.15, -0.1) is 0 Å². The van der Waals surface area contributed by atoms with Crippen LogP contribution in [0.1, 0.15) is 46.6 Å². The lowest BCUT2D eigenvalue weighted by Crippen LogP contribution is -2.37. The summed E-state index contributed by atoms with van der Waals surface area (Å²) >= 11 is 0. The average molecular weight is 421 g/mol. The van der Waals surface area contributed by atoms with E-state index in [-0.39, 0.29) is 12.6 Å². The molecule has 156 valence electrons. The molecule has 7 nitrogen and oxygen atoms in total. The summed E-state index contributed by atoms with van der Waals surface area (Å²) in [5, 5.41) is -0.907. The van der Waals surface area contributed by atoms with E-state index in [1.807, 2.05) is 24.3 Å². The van der Waals surface area contributed by atoms with Gasteiger partial charge in [-0.3, -0.25) is 0 Å². The first-order valence-electron chi connectivity index (χ1n) is 9.16. The van der Waals surface area contributed by atoms with Crippen molar-refractivity contribution >= 4 is 20.0 Å². The first kappa shape index (κ1) is 23.9. The van der Waals surface area contributed by atoms with Crippen molar-refractivity contribution in [1.82, 2.24) is 9.44 Å². The van der Waals surface area contributed by atoms with Gasteiger partial charge < -0.3 is 4.74 Å². The summed E-state index contributed by atoms with van der Waals surface area (Å²) in [6.07, 6.45) is 1.17. The summed E-state index contributed by atoms with van der Waals surface area (Å²) in [5.41, 5.74) is 1.08. The van der Waals surface area contributed by atoms with E-state index in [9.17, 15) is 16.8 Å². The second kappa shape index (κ2) is 10.4. The van der Waals surface area contributed by atoms with E-state index < -0.39 is 30.5 Å². The molecule has 27 heavy (non-hydrogen) atoms. The van der Waals surface area contributed by atoms with Gasteiger partial charge in [0.05, 0.1) is 10.5 Å². The van der Waals surface area contributed by atoms with Gasteiger partial charge in [0.25, 0.3) is 0 Å². The fraction of sp³-hybridized carbons (Fsp3) is 0.667. The Hall–Kier alpha value is -1.16. The molecular weight excluding hydrogens is 388 g/mol. The quantitative estimate of drug-likeness (QED) is 0.504. The maximum absolute atomic E-state index is 11.7. The molecule has 1 aromatic rings. The summed E-state index contributed by atoms with van der Waals surface area (Å²) in [4.78, 5) is 0. The average Bonchev–Trinajstić information content (AvgIpc) is 2.58. The molecule has 0 amide bonds. The minimum absolute atomic E-state index is 0.207. The zero-order valence-electron chi connectivity index (χ0n) is 16.7. The van der Waals surface area contributed by atoms with Crippen LogP contribution in [0.5, 0.6) is 5.75 Å². The van der Waals surface area contributed by atoms with Crippen LogP contribution in [-0.2, 0) is 26.5 Å². The molecule has 0 fully saturated rings. The zero-order chi connectivity index (χ0) is 20.7. The van der Waals surface area contributed by atoms with E-state index in [1.54, 1.807) is 34.6 Å². The van der Waals surface area contributed by atoms with Crippen molar-refractivity contribution in [2.45, 2.75) is 64.1 Å². The fourth-order valence-electron chi connectivity index (χ4n) is 2.08. The van der Waals surface area contributed by atoms with E-state index in [0.717, 1.165) is 12.0 Å². The Morgan fingerprint density at radius 1 is 0.852 bits per heavy atom. The van der Waals surface area contributed by atoms with Gasteiger partial charge in [0.15, 0.2) is 0 Å². The van der Waals surface area contributed by atoms with Crippen molar-refractivity contribution in [3.05, 3.63) is 29.8 Å². The highest BCUT2D eigenvalue weighted by Gasteiger charge is 2.17. The van der Waals surface area contributed by atoms with Gasteiger partial charge in [0.2, 0.25) is 20.0 Å². The third kappa shape index (κ3) is 8.59. The maximum atomic E-state index is 11.7. The second-order valence-electron chi connectivity index (χ2n) is 7.11. The summed E-state index contributed by atoms with van der Waals surface area (Å²) < 4.78 is 57.7. The molecule has 1 aromatic carbocycles. The Kier molecular flexibility index (Phi) is 9.20. The lowest BCUT2D eigenvalue weighted by Gasteiger charge is -2.17. The molecule has 0 aliphatic carbocycles. The molecule has 0 aromatic heterocycles. The molecule has 0 bridgehead atoms. The Morgan fingerprint density at radius 2 is 1.37 bits per heavy atom. The van der Waals surface area contributed by atoms with Crippen LogP contribution in [0.3, 0.4) is 0 Å². The predicted molar refractivity (Wildman–Crippen MR) is 109 cm³/mol. The SMILES string of the molecule is CC(CNS(=O)(=O)C(C)C)Oc1ccc(CCCNS(=O)(=O)C(C)C)cc1. The van der Waals surface area contributed by atoms with Crippen molar-refractivity contribution in [2.24, 2.45) is 0 Å².